The number of carbonyl (C=O) groups excluding carboxylic acids is 1. The van der Waals surface area contributed by atoms with Crippen molar-refractivity contribution in [2.75, 3.05) is 0 Å². The summed E-state index contributed by atoms with van der Waals surface area (Å²) in [5.41, 5.74) is 0.428. The van der Waals surface area contributed by atoms with Crippen molar-refractivity contribution in [1.82, 2.24) is 5.32 Å². The molecule has 0 aliphatic heterocycles. The van der Waals surface area contributed by atoms with Crippen molar-refractivity contribution in [2.24, 2.45) is 0 Å². The van der Waals surface area contributed by atoms with E-state index in [4.69, 9.17) is 11.2 Å². The summed E-state index contributed by atoms with van der Waals surface area (Å²) in [5.74, 6) is 2.54. The van der Waals surface area contributed by atoms with Crippen LogP contribution >= 0.6 is 0 Å². The molecule has 4 heteroatoms. The molecule has 120 valence electrons. The molecule has 0 fully saturated rings. The molecule has 1 amide bonds. The van der Waals surface area contributed by atoms with Crippen LogP contribution in [0.1, 0.15) is 39.2 Å². The third kappa shape index (κ3) is 7.14. The number of alkyl carbamates (subject to hydrolysis) is 1. The summed E-state index contributed by atoms with van der Waals surface area (Å²) in [4.78, 5) is 11.9. The molecule has 22 heavy (non-hydrogen) atoms. The summed E-state index contributed by atoms with van der Waals surface area (Å²) in [6.07, 6.45) is 5.46. The molecule has 0 bridgehead atoms. The first kappa shape index (κ1) is 18.1. The second kappa shape index (κ2) is 8.45. The minimum absolute atomic E-state index is 0.439. The third-order valence-electron chi connectivity index (χ3n) is 3.05. The Morgan fingerprint density at radius 2 is 2.00 bits per heavy atom. The zero-order valence-electron chi connectivity index (χ0n) is 13.5. The maximum Gasteiger partial charge on any atom is 0.407 e. The van der Waals surface area contributed by atoms with Crippen molar-refractivity contribution in [3.8, 4) is 12.3 Å². The monoisotopic (exact) mass is 303 g/mol. The maximum absolute atomic E-state index is 11.9. The van der Waals surface area contributed by atoms with Crippen LogP contribution in [0.4, 0.5) is 4.79 Å². The van der Waals surface area contributed by atoms with Gasteiger partial charge in [0.25, 0.3) is 0 Å². The Labute approximate surface area is 132 Å². The number of aliphatic hydroxyl groups excluding tert-OH is 1. The van der Waals surface area contributed by atoms with Gasteiger partial charge in [0.15, 0.2) is 0 Å². The zero-order valence-corrected chi connectivity index (χ0v) is 13.5. The highest BCUT2D eigenvalue weighted by molar-refractivity contribution is 5.68. The number of hydrogen-bond acceptors (Lipinski definition) is 3. The second-order valence-electron chi connectivity index (χ2n) is 6.25. The fraction of sp³-hybridized carbons (Fsp3) is 0.500. The SMILES string of the molecule is C#CCC[C@@H](NC(=O)OC(C)(C)C)[C@H](O)Cc1ccccc1. The first-order chi connectivity index (χ1) is 10.3. The maximum atomic E-state index is 11.9. The molecule has 0 spiro atoms. The zero-order chi connectivity index (χ0) is 16.6. The minimum Gasteiger partial charge on any atom is -0.444 e. The molecule has 1 aromatic rings. The number of terminal acetylenes is 1. The lowest BCUT2D eigenvalue weighted by molar-refractivity contribution is 0.0416. The average molecular weight is 303 g/mol. The molecule has 0 saturated carbocycles. The van der Waals surface area contributed by atoms with Gasteiger partial charge < -0.3 is 15.2 Å². The second-order valence-corrected chi connectivity index (χ2v) is 6.25. The molecule has 0 aromatic heterocycles. The largest absolute Gasteiger partial charge is 0.444 e. The van der Waals surface area contributed by atoms with Gasteiger partial charge in [0, 0.05) is 12.8 Å². The summed E-state index contributed by atoms with van der Waals surface area (Å²) < 4.78 is 5.24. The van der Waals surface area contributed by atoms with E-state index in [9.17, 15) is 9.90 Å². The van der Waals surface area contributed by atoms with Crippen LogP contribution in [0, 0.1) is 12.3 Å². The molecule has 2 N–H and O–H groups in total. The number of benzene rings is 1. The normalized spacial score (nSPS) is 13.8. The van der Waals surface area contributed by atoms with Crippen LogP contribution in [-0.2, 0) is 11.2 Å². The molecular weight excluding hydrogens is 278 g/mol. The Hall–Kier alpha value is -1.99. The van der Waals surface area contributed by atoms with Gasteiger partial charge in [0.2, 0.25) is 0 Å². The number of aliphatic hydroxyl groups is 1. The van der Waals surface area contributed by atoms with Crippen molar-refractivity contribution in [3.05, 3.63) is 35.9 Å². The summed E-state index contributed by atoms with van der Waals surface area (Å²) >= 11 is 0. The number of nitrogens with one attached hydrogen (secondary N) is 1. The third-order valence-corrected chi connectivity index (χ3v) is 3.05. The number of carbonyl (C=O) groups is 1. The Kier molecular flexibility index (Phi) is 6.94. The number of rotatable bonds is 6. The standard InChI is InChI=1S/C18H25NO3/c1-5-6-12-15(19-17(21)22-18(2,3)4)16(20)13-14-10-8-7-9-11-14/h1,7-11,15-16,20H,6,12-13H2,2-4H3,(H,19,21)/t15-,16-/m1/s1. The minimum atomic E-state index is -0.719. The van der Waals surface area contributed by atoms with Gasteiger partial charge in [0.05, 0.1) is 12.1 Å². The summed E-state index contributed by atoms with van der Waals surface area (Å²) in [6, 6.07) is 9.19. The molecular formula is C18H25NO3. The molecule has 1 rings (SSSR count). The summed E-state index contributed by atoms with van der Waals surface area (Å²) in [7, 11) is 0. The predicted octanol–water partition coefficient (Wildman–Crippen LogP) is 2.90. The quantitative estimate of drug-likeness (QED) is 0.794. The van der Waals surface area contributed by atoms with Gasteiger partial charge in [-0.15, -0.1) is 12.3 Å². The predicted molar refractivity (Wildman–Crippen MR) is 87.4 cm³/mol. The number of amides is 1. The highest BCUT2D eigenvalue weighted by Crippen LogP contribution is 2.12. The van der Waals surface area contributed by atoms with Gasteiger partial charge in [-0.1, -0.05) is 30.3 Å². The van der Waals surface area contributed by atoms with Gasteiger partial charge >= 0.3 is 6.09 Å². The van der Waals surface area contributed by atoms with Gasteiger partial charge in [-0.3, -0.25) is 0 Å². The summed E-state index contributed by atoms with van der Waals surface area (Å²) in [5, 5.41) is 13.1. The molecule has 0 aliphatic rings. The Balaban J connectivity index is 2.66. The highest BCUT2D eigenvalue weighted by atomic mass is 16.6. The van der Waals surface area contributed by atoms with Crippen LogP contribution in [0.15, 0.2) is 30.3 Å². The van der Waals surface area contributed by atoms with E-state index in [1.807, 2.05) is 30.3 Å². The van der Waals surface area contributed by atoms with Crippen LogP contribution in [-0.4, -0.2) is 28.9 Å². The lowest BCUT2D eigenvalue weighted by Crippen LogP contribution is -2.46. The smallest absolute Gasteiger partial charge is 0.407 e. The molecule has 0 saturated heterocycles. The van der Waals surface area contributed by atoms with Crippen LogP contribution < -0.4 is 5.32 Å². The molecule has 1 aromatic carbocycles. The van der Waals surface area contributed by atoms with E-state index >= 15 is 0 Å². The first-order valence-corrected chi connectivity index (χ1v) is 7.47. The lowest BCUT2D eigenvalue weighted by atomic mass is 9.99. The van der Waals surface area contributed by atoms with Crippen LogP contribution in [0.5, 0.6) is 0 Å². The van der Waals surface area contributed by atoms with Crippen molar-refractivity contribution < 1.29 is 14.6 Å². The Morgan fingerprint density at radius 1 is 1.36 bits per heavy atom. The van der Waals surface area contributed by atoms with Gasteiger partial charge in [-0.2, -0.15) is 0 Å². The van der Waals surface area contributed by atoms with Crippen LogP contribution in [0.2, 0.25) is 0 Å². The lowest BCUT2D eigenvalue weighted by Gasteiger charge is -2.26. The number of hydrogen-bond donors (Lipinski definition) is 2. The number of ether oxygens (including phenoxy) is 1. The van der Waals surface area contributed by atoms with Gasteiger partial charge in [0.1, 0.15) is 5.60 Å². The van der Waals surface area contributed by atoms with Crippen molar-refractivity contribution in [2.45, 2.75) is 57.8 Å². The first-order valence-electron chi connectivity index (χ1n) is 7.47. The fourth-order valence-corrected chi connectivity index (χ4v) is 2.06. The molecule has 0 radical (unpaired) electrons. The fourth-order valence-electron chi connectivity index (χ4n) is 2.06. The van der Waals surface area contributed by atoms with E-state index in [0.29, 0.717) is 19.3 Å². The molecule has 2 atom stereocenters. The molecule has 4 nitrogen and oxygen atoms in total. The van der Waals surface area contributed by atoms with Crippen molar-refractivity contribution in [3.63, 3.8) is 0 Å². The topological polar surface area (TPSA) is 58.6 Å². The van der Waals surface area contributed by atoms with Crippen LogP contribution in [0.25, 0.3) is 0 Å². The summed E-state index contributed by atoms with van der Waals surface area (Å²) in [6.45, 7) is 5.39. The molecule has 0 unspecified atom stereocenters. The van der Waals surface area contributed by atoms with E-state index in [1.165, 1.54) is 0 Å². The van der Waals surface area contributed by atoms with Crippen molar-refractivity contribution in [1.29, 1.82) is 0 Å². The van der Waals surface area contributed by atoms with E-state index < -0.39 is 23.8 Å². The Morgan fingerprint density at radius 3 is 2.55 bits per heavy atom. The average Bonchev–Trinajstić information content (AvgIpc) is 2.42. The van der Waals surface area contributed by atoms with Crippen LogP contribution in [0.3, 0.4) is 0 Å². The van der Waals surface area contributed by atoms with Crippen molar-refractivity contribution >= 4 is 6.09 Å². The van der Waals surface area contributed by atoms with E-state index in [-0.39, 0.29) is 0 Å². The highest BCUT2D eigenvalue weighted by Gasteiger charge is 2.24. The van der Waals surface area contributed by atoms with E-state index in [0.717, 1.165) is 5.56 Å². The van der Waals surface area contributed by atoms with Gasteiger partial charge in [-0.25, -0.2) is 4.79 Å². The molecule has 0 aliphatic carbocycles. The molecule has 0 heterocycles. The van der Waals surface area contributed by atoms with E-state index in [1.54, 1.807) is 20.8 Å². The van der Waals surface area contributed by atoms with Gasteiger partial charge in [-0.05, 0) is 32.8 Å². The van der Waals surface area contributed by atoms with E-state index in [2.05, 4.69) is 11.2 Å². The Bertz CT molecular complexity index is 499.